The van der Waals surface area contributed by atoms with Crippen LogP contribution in [-0.4, -0.2) is 20.7 Å². The second-order valence-electron chi connectivity index (χ2n) is 7.73. The lowest BCUT2D eigenvalue weighted by atomic mass is 9.94. The summed E-state index contributed by atoms with van der Waals surface area (Å²) in [5.41, 5.74) is -0.0210. The summed E-state index contributed by atoms with van der Waals surface area (Å²) in [6.45, 7) is 0. The number of nitrogens with zero attached hydrogens (tertiary/aromatic N) is 1. The van der Waals surface area contributed by atoms with Crippen LogP contribution in [0.5, 0.6) is 5.75 Å². The molecular weight excluding hydrogens is 409 g/mol. The minimum atomic E-state index is -1.34. The van der Waals surface area contributed by atoms with Crippen molar-refractivity contribution in [3.63, 3.8) is 0 Å². The molecule has 0 radical (unpaired) electrons. The average Bonchev–Trinajstić information content (AvgIpc) is 2.73. The van der Waals surface area contributed by atoms with Gasteiger partial charge in [0, 0.05) is 18.7 Å². The molecule has 1 fully saturated rings. The van der Waals surface area contributed by atoms with E-state index in [0.717, 1.165) is 32.1 Å². The summed E-state index contributed by atoms with van der Waals surface area (Å²) in [7, 11) is 0. The molecule has 0 aliphatic heterocycles. The second kappa shape index (κ2) is 8.11. The third-order valence-electron chi connectivity index (χ3n) is 5.87. The number of carboxylic acids is 1. The lowest BCUT2D eigenvalue weighted by molar-refractivity contribution is 0.0694. The summed E-state index contributed by atoms with van der Waals surface area (Å²) in [5.74, 6) is -2.24. The molecule has 7 heteroatoms. The van der Waals surface area contributed by atoms with Crippen molar-refractivity contribution < 1.29 is 19.4 Å². The predicted octanol–water partition coefficient (Wildman–Crippen LogP) is 5.29. The molecule has 2 N–H and O–H groups in total. The second-order valence-corrected chi connectivity index (χ2v) is 8.14. The van der Waals surface area contributed by atoms with Gasteiger partial charge in [-0.3, -0.25) is 4.79 Å². The lowest BCUT2D eigenvalue weighted by Crippen LogP contribution is -2.22. The first-order valence-electron chi connectivity index (χ1n) is 9.94. The molecule has 5 nitrogen and oxygen atoms in total. The topological polar surface area (TPSA) is 79.5 Å². The number of benzene rings is 2. The highest BCUT2D eigenvalue weighted by Gasteiger charge is 2.24. The average molecular weight is 430 g/mol. The van der Waals surface area contributed by atoms with Gasteiger partial charge >= 0.3 is 5.97 Å². The highest BCUT2D eigenvalue weighted by atomic mass is 35.5. The minimum Gasteiger partial charge on any atom is -0.507 e. The molecule has 1 aliphatic rings. The molecule has 0 atom stereocenters. The van der Waals surface area contributed by atoms with Gasteiger partial charge in [-0.1, -0.05) is 49.1 Å². The Labute approximate surface area is 177 Å². The zero-order chi connectivity index (χ0) is 21.4. The summed E-state index contributed by atoms with van der Waals surface area (Å²) in [4.78, 5) is 24.6. The number of halogens is 2. The highest BCUT2D eigenvalue weighted by molar-refractivity contribution is 6.30. The van der Waals surface area contributed by atoms with Crippen molar-refractivity contribution >= 4 is 28.5 Å². The summed E-state index contributed by atoms with van der Waals surface area (Å²) in [6, 6.07) is 8.01. The van der Waals surface area contributed by atoms with Gasteiger partial charge in [0.05, 0.1) is 15.9 Å². The van der Waals surface area contributed by atoms with Crippen LogP contribution in [0.2, 0.25) is 5.02 Å². The van der Waals surface area contributed by atoms with Gasteiger partial charge in [-0.2, -0.15) is 0 Å². The van der Waals surface area contributed by atoms with E-state index in [2.05, 4.69) is 0 Å². The van der Waals surface area contributed by atoms with Crippen LogP contribution in [0.1, 0.15) is 59.6 Å². The SMILES string of the molecule is O=C(O)c1cn(C2CCCCC2)c2ccc(Cc3cccc(Cl)c3F)c(O)c2c1=O. The summed E-state index contributed by atoms with van der Waals surface area (Å²) in [5, 5.41) is 20.4. The molecule has 1 aliphatic carbocycles. The van der Waals surface area contributed by atoms with Gasteiger partial charge < -0.3 is 14.8 Å². The Morgan fingerprint density at radius 1 is 1.13 bits per heavy atom. The largest absolute Gasteiger partial charge is 0.507 e. The van der Waals surface area contributed by atoms with Crippen molar-refractivity contribution in [1.82, 2.24) is 4.57 Å². The van der Waals surface area contributed by atoms with Crippen molar-refractivity contribution in [2.75, 3.05) is 0 Å². The fourth-order valence-electron chi connectivity index (χ4n) is 4.31. The Bertz CT molecular complexity index is 1200. The Balaban J connectivity index is 1.91. The molecule has 0 amide bonds. The van der Waals surface area contributed by atoms with Crippen molar-refractivity contribution in [1.29, 1.82) is 0 Å². The zero-order valence-corrected chi connectivity index (χ0v) is 17.0. The van der Waals surface area contributed by atoms with Gasteiger partial charge in [0.25, 0.3) is 0 Å². The van der Waals surface area contributed by atoms with E-state index in [1.54, 1.807) is 24.3 Å². The monoisotopic (exact) mass is 429 g/mol. The van der Waals surface area contributed by atoms with Crippen LogP contribution in [0, 0.1) is 5.82 Å². The number of phenolic OH excluding ortho intramolecular Hbond substituents is 1. The maximum absolute atomic E-state index is 14.3. The first kappa shape index (κ1) is 20.4. The molecule has 1 heterocycles. The van der Waals surface area contributed by atoms with Crippen molar-refractivity contribution in [3.05, 3.63) is 74.3 Å². The number of phenols is 1. The lowest BCUT2D eigenvalue weighted by Gasteiger charge is -2.27. The van der Waals surface area contributed by atoms with E-state index in [4.69, 9.17) is 11.6 Å². The van der Waals surface area contributed by atoms with Crippen LogP contribution >= 0.6 is 11.6 Å². The summed E-state index contributed by atoms with van der Waals surface area (Å²) < 4.78 is 16.1. The predicted molar refractivity (Wildman–Crippen MR) is 113 cm³/mol. The van der Waals surface area contributed by atoms with E-state index < -0.39 is 17.2 Å². The smallest absolute Gasteiger partial charge is 0.341 e. The molecule has 2 aromatic carbocycles. The van der Waals surface area contributed by atoms with Crippen molar-refractivity contribution in [2.45, 2.75) is 44.6 Å². The van der Waals surface area contributed by atoms with Crippen LogP contribution in [0.25, 0.3) is 10.9 Å². The van der Waals surface area contributed by atoms with Crippen LogP contribution < -0.4 is 5.43 Å². The number of hydrogen-bond donors (Lipinski definition) is 2. The fraction of sp³-hybridized carbons (Fsp3) is 0.304. The number of carbonyl (C=O) groups is 1. The van der Waals surface area contributed by atoms with E-state index in [1.807, 2.05) is 4.57 Å². The first-order chi connectivity index (χ1) is 14.4. The Hall–Kier alpha value is -2.86. The number of fused-ring (bicyclic) bond motifs is 1. The summed E-state index contributed by atoms with van der Waals surface area (Å²) >= 11 is 5.85. The molecule has 0 saturated heterocycles. The van der Waals surface area contributed by atoms with Gasteiger partial charge in [-0.15, -0.1) is 0 Å². The standard InChI is InChI=1S/C23H21ClFNO4/c24-17-8-4-5-13(20(17)25)11-14-9-10-18-19(21(14)27)22(28)16(23(29)30)12-26(18)15-6-2-1-3-7-15/h4-5,8-10,12,15,27H,1-3,6-7,11H2,(H,29,30). The van der Waals surface area contributed by atoms with Crippen LogP contribution in [0.4, 0.5) is 4.39 Å². The van der Waals surface area contributed by atoms with Gasteiger partial charge in [0.2, 0.25) is 5.43 Å². The molecule has 156 valence electrons. The van der Waals surface area contributed by atoms with E-state index in [-0.39, 0.29) is 39.7 Å². The van der Waals surface area contributed by atoms with Gasteiger partial charge in [-0.25, -0.2) is 9.18 Å². The molecule has 0 bridgehead atoms. The maximum Gasteiger partial charge on any atom is 0.341 e. The van der Waals surface area contributed by atoms with E-state index in [9.17, 15) is 24.2 Å². The number of pyridine rings is 1. The van der Waals surface area contributed by atoms with Crippen LogP contribution in [-0.2, 0) is 6.42 Å². The zero-order valence-electron chi connectivity index (χ0n) is 16.2. The van der Waals surface area contributed by atoms with Gasteiger partial charge in [-0.05, 0) is 36.1 Å². The summed E-state index contributed by atoms with van der Waals surface area (Å²) in [6.07, 6.45) is 6.35. The first-order valence-corrected chi connectivity index (χ1v) is 10.3. The van der Waals surface area contributed by atoms with E-state index >= 15 is 0 Å². The number of aromatic carboxylic acids is 1. The van der Waals surface area contributed by atoms with E-state index in [0.29, 0.717) is 11.1 Å². The van der Waals surface area contributed by atoms with Crippen molar-refractivity contribution in [3.8, 4) is 5.75 Å². The van der Waals surface area contributed by atoms with Crippen LogP contribution in [0.15, 0.2) is 41.3 Å². The van der Waals surface area contributed by atoms with Crippen molar-refractivity contribution in [2.24, 2.45) is 0 Å². The third kappa shape index (κ3) is 3.56. The molecule has 4 rings (SSSR count). The Morgan fingerprint density at radius 2 is 1.87 bits per heavy atom. The van der Waals surface area contributed by atoms with Gasteiger partial charge in [0.15, 0.2) is 0 Å². The maximum atomic E-state index is 14.3. The third-order valence-corrected chi connectivity index (χ3v) is 6.16. The number of aromatic hydroxyl groups is 1. The Kier molecular flexibility index (Phi) is 5.52. The number of hydrogen-bond acceptors (Lipinski definition) is 3. The molecule has 3 aromatic rings. The van der Waals surface area contributed by atoms with Crippen LogP contribution in [0.3, 0.4) is 0 Å². The number of carboxylic acid groups (broad SMARTS) is 1. The molecule has 1 aromatic heterocycles. The number of rotatable bonds is 4. The molecule has 0 unspecified atom stereocenters. The number of aromatic nitrogens is 1. The normalized spacial score (nSPS) is 14.9. The quantitative estimate of drug-likeness (QED) is 0.590. The fourth-order valence-corrected chi connectivity index (χ4v) is 4.51. The minimum absolute atomic E-state index is 0.0222. The molecule has 30 heavy (non-hydrogen) atoms. The van der Waals surface area contributed by atoms with Gasteiger partial charge in [0.1, 0.15) is 17.1 Å². The highest BCUT2D eigenvalue weighted by Crippen LogP contribution is 2.35. The van der Waals surface area contributed by atoms with E-state index in [1.165, 1.54) is 12.3 Å². The molecule has 1 saturated carbocycles. The molecular formula is C23H21ClFNO4. The molecule has 0 spiro atoms. The Morgan fingerprint density at radius 3 is 2.57 bits per heavy atom.